The van der Waals surface area contributed by atoms with Crippen LogP contribution in [0.15, 0.2) is 0 Å². The second kappa shape index (κ2) is 9.23. The van der Waals surface area contributed by atoms with Crippen LogP contribution in [-0.4, -0.2) is 47.1 Å². The number of hydrogen-bond donors (Lipinski definition) is 1. The van der Waals surface area contributed by atoms with Crippen molar-refractivity contribution in [1.82, 2.24) is 0 Å². The molecule has 7 fully saturated rings. The Morgan fingerprint density at radius 2 is 1.56 bits per heavy atom. The van der Waals surface area contributed by atoms with Gasteiger partial charge in [-0.1, -0.05) is 41.5 Å². The Balaban J connectivity index is 1.17. The third-order valence-corrected chi connectivity index (χ3v) is 15.8. The van der Waals surface area contributed by atoms with Gasteiger partial charge in [0.2, 0.25) is 0 Å². The van der Waals surface area contributed by atoms with Gasteiger partial charge in [-0.25, -0.2) is 0 Å². The predicted octanol–water partition coefficient (Wildman–Crippen LogP) is 7.10. The van der Waals surface area contributed by atoms with Gasteiger partial charge in [0.05, 0.1) is 23.7 Å². The van der Waals surface area contributed by atoms with Crippen molar-refractivity contribution in [2.45, 2.75) is 157 Å². The molecule has 0 aromatic heterocycles. The van der Waals surface area contributed by atoms with E-state index in [1.165, 1.54) is 39.0 Å². The van der Waals surface area contributed by atoms with Gasteiger partial charge >= 0.3 is 11.9 Å². The zero-order valence-electron chi connectivity index (χ0n) is 28.3. The van der Waals surface area contributed by atoms with Gasteiger partial charge in [-0.2, -0.15) is 0 Å². The van der Waals surface area contributed by atoms with Crippen LogP contribution < -0.4 is 0 Å². The molecule has 0 aromatic carbocycles. The highest BCUT2D eigenvalue weighted by atomic mass is 16.6. The molecule has 2 spiro atoms. The molecular formula is C37H58O6. The molecule has 1 N–H and O–H groups in total. The van der Waals surface area contributed by atoms with E-state index in [2.05, 4.69) is 41.5 Å². The van der Waals surface area contributed by atoms with Crippen molar-refractivity contribution in [2.24, 2.45) is 62.6 Å². The molecule has 1 saturated heterocycles. The molecule has 242 valence electrons. The molecule has 7 aliphatic rings. The summed E-state index contributed by atoms with van der Waals surface area (Å²) in [5, 5.41) is 11.0. The Hall–Kier alpha value is -1.14. The van der Waals surface area contributed by atoms with E-state index in [-0.39, 0.29) is 52.4 Å². The number of esters is 2. The summed E-state index contributed by atoms with van der Waals surface area (Å²) in [6.45, 7) is 19.9. The molecule has 6 nitrogen and oxygen atoms in total. The molecule has 4 unspecified atom stereocenters. The van der Waals surface area contributed by atoms with Crippen molar-refractivity contribution in [3.63, 3.8) is 0 Å². The average Bonchev–Trinajstić information content (AvgIpc) is 3.80. The summed E-state index contributed by atoms with van der Waals surface area (Å²) < 4.78 is 19.0. The lowest BCUT2D eigenvalue weighted by Crippen LogP contribution is -2.58. The maximum absolute atomic E-state index is 12.8. The molecule has 6 heteroatoms. The zero-order valence-corrected chi connectivity index (χ0v) is 28.3. The molecule has 0 aromatic rings. The normalized spacial score (nSPS) is 52.0. The summed E-state index contributed by atoms with van der Waals surface area (Å²) in [4.78, 5) is 24.8. The van der Waals surface area contributed by atoms with Gasteiger partial charge in [-0.3, -0.25) is 9.59 Å². The summed E-state index contributed by atoms with van der Waals surface area (Å²) in [6.07, 6.45) is 10.3. The lowest BCUT2D eigenvalue weighted by Gasteiger charge is -2.63. The topological polar surface area (TPSA) is 82.1 Å². The molecule has 1 aliphatic heterocycles. The minimum Gasteiger partial charge on any atom is -0.462 e. The van der Waals surface area contributed by atoms with Crippen LogP contribution >= 0.6 is 0 Å². The molecule has 6 saturated carbocycles. The van der Waals surface area contributed by atoms with Crippen LogP contribution in [-0.2, 0) is 23.8 Å². The minimum absolute atomic E-state index is 0.00448. The van der Waals surface area contributed by atoms with E-state index >= 15 is 0 Å². The lowest BCUT2D eigenvalue weighted by atomic mass is 9.41. The van der Waals surface area contributed by atoms with E-state index in [0.717, 1.165) is 32.1 Å². The third-order valence-electron chi connectivity index (χ3n) is 15.8. The van der Waals surface area contributed by atoms with Gasteiger partial charge in [0.25, 0.3) is 0 Å². The Labute approximate surface area is 259 Å². The van der Waals surface area contributed by atoms with Crippen LogP contribution in [0, 0.1) is 62.6 Å². The SMILES string of the molecule is CC(=O)O[C@@H]([C@H]1CC(C)C2[C@@H](C[C@@]3(C)[C@@H]4CCC5C(C)(C)[C@@H](OC(=O)C6CC6)CCC56[C@@H](C)[C@@]46CC[C@]23C)O1)C(C)(C)O. The Morgan fingerprint density at radius 1 is 0.907 bits per heavy atom. The molecule has 6 aliphatic carbocycles. The second-order valence-electron chi connectivity index (χ2n) is 18.2. The minimum atomic E-state index is -1.17. The van der Waals surface area contributed by atoms with Gasteiger partial charge in [-0.05, 0) is 129 Å². The van der Waals surface area contributed by atoms with E-state index in [1.54, 1.807) is 13.8 Å². The molecule has 1 heterocycles. The van der Waals surface area contributed by atoms with Crippen molar-refractivity contribution >= 4 is 11.9 Å². The molecule has 13 atom stereocenters. The first kappa shape index (κ1) is 30.5. The average molecular weight is 599 g/mol. The first-order valence-electron chi connectivity index (χ1n) is 17.7. The van der Waals surface area contributed by atoms with Gasteiger partial charge < -0.3 is 19.3 Å². The third kappa shape index (κ3) is 3.83. The Kier molecular flexibility index (Phi) is 6.55. The van der Waals surface area contributed by atoms with Crippen LogP contribution in [0.3, 0.4) is 0 Å². The van der Waals surface area contributed by atoms with Gasteiger partial charge in [-0.15, -0.1) is 0 Å². The van der Waals surface area contributed by atoms with E-state index < -0.39 is 11.7 Å². The van der Waals surface area contributed by atoms with Gasteiger partial charge in [0.1, 0.15) is 6.10 Å². The molecule has 0 bridgehead atoms. The van der Waals surface area contributed by atoms with E-state index in [4.69, 9.17) is 14.2 Å². The fourth-order valence-corrected chi connectivity index (χ4v) is 13.9. The molecule has 43 heavy (non-hydrogen) atoms. The lowest BCUT2D eigenvalue weighted by molar-refractivity contribution is -0.209. The van der Waals surface area contributed by atoms with E-state index in [0.29, 0.717) is 40.4 Å². The second-order valence-corrected chi connectivity index (χ2v) is 18.2. The summed E-state index contributed by atoms with van der Waals surface area (Å²) in [5.74, 6) is 2.74. The Bertz CT molecular complexity index is 1180. The molecule has 0 amide bonds. The summed E-state index contributed by atoms with van der Waals surface area (Å²) in [7, 11) is 0. The van der Waals surface area contributed by atoms with E-state index in [9.17, 15) is 14.7 Å². The van der Waals surface area contributed by atoms with Crippen molar-refractivity contribution in [1.29, 1.82) is 0 Å². The first-order chi connectivity index (χ1) is 19.9. The number of ether oxygens (including phenoxy) is 3. The van der Waals surface area contributed by atoms with Crippen LogP contribution in [0.1, 0.15) is 127 Å². The number of fused-ring (bicyclic) bond motifs is 4. The quantitative estimate of drug-likeness (QED) is 0.340. The Morgan fingerprint density at radius 3 is 2.19 bits per heavy atom. The number of aliphatic hydroxyl groups is 1. The fraction of sp³-hybridized carbons (Fsp3) is 0.946. The smallest absolute Gasteiger partial charge is 0.309 e. The standard InChI is InChI=1S/C37H58O6/c1-20-18-24(30(33(6,7)40)41-22(3)38)42-25-19-35(9)27-13-12-26-32(4,5)28(43-31(39)23-10-11-23)14-15-36(26)21(2)37(27,36)17-16-34(35,8)29(20)25/h20-21,23-30,40H,10-19H2,1-9H3/t20?,21-,24-,25-,26?,27+,28+,29?,30+,34-,35+,36?,37+/m1/s1. The number of carbonyl (C=O) groups excluding carboxylic acids is 2. The highest BCUT2D eigenvalue weighted by Gasteiger charge is 2.86. The van der Waals surface area contributed by atoms with Crippen LogP contribution in [0.4, 0.5) is 0 Å². The number of rotatable bonds is 5. The first-order valence-corrected chi connectivity index (χ1v) is 17.7. The summed E-state index contributed by atoms with van der Waals surface area (Å²) in [6, 6.07) is 0. The highest BCUT2D eigenvalue weighted by molar-refractivity contribution is 5.75. The van der Waals surface area contributed by atoms with Crippen LogP contribution in [0.2, 0.25) is 0 Å². The van der Waals surface area contributed by atoms with Gasteiger partial charge in [0.15, 0.2) is 6.10 Å². The molecule has 7 rings (SSSR count). The predicted molar refractivity (Wildman–Crippen MR) is 164 cm³/mol. The summed E-state index contributed by atoms with van der Waals surface area (Å²) >= 11 is 0. The zero-order chi connectivity index (χ0) is 31.1. The molecule has 0 radical (unpaired) electrons. The number of carbonyl (C=O) groups is 2. The van der Waals surface area contributed by atoms with Crippen molar-refractivity contribution in [3.05, 3.63) is 0 Å². The van der Waals surface area contributed by atoms with Crippen molar-refractivity contribution in [2.75, 3.05) is 0 Å². The van der Waals surface area contributed by atoms with Crippen molar-refractivity contribution < 1.29 is 28.9 Å². The molecular weight excluding hydrogens is 540 g/mol. The summed E-state index contributed by atoms with van der Waals surface area (Å²) in [5.41, 5.74) is -0.0553. The van der Waals surface area contributed by atoms with Crippen LogP contribution in [0.25, 0.3) is 0 Å². The fourth-order valence-electron chi connectivity index (χ4n) is 13.9. The maximum atomic E-state index is 12.8. The van der Waals surface area contributed by atoms with Crippen molar-refractivity contribution in [3.8, 4) is 0 Å². The van der Waals surface area contributed by atoms with E-state index in [1.807, 2.05) is 0 Å². The monoisotopic (exact) mass is 598 g/mol. The highest BCUT2D eigenvalue weighted by Crippen LogP contribution is 2.91. The number of hydrogen-bond acceptors (Lipinski definition) is 6. The van der Waals surface area contributed by atoms with Crippen LogP contribution in [0.5, 0.6) is 0 Å². The largest absolute Gasteiger partial charge is 0.462 e. The van der Waals surface area contributed by atoms with Gasteiger partial charge in [0, 0.05) is 12.3 Å². The maximum Gasteiger partial charge on any atom is 0.309 e.